The summed E-state index contributed by atoms with van der Waals surface area (Å²) in [6, 6.07) is -0.176. The lowest BCUT2D eigenvalue weighted by Gasteiger charge is -2.31. The maximum absolute atomic E-state index is 12.0. The van der Waals surface area contributed by atoms with E-state index in [1.165, 1.54) is 11.3 Å². The second-order valence-corrected chi connectivity index (χ2v) is 5.53. The van der Waals surface area contributed by atoms with Crippen LogP contribution in [0.4, 0.5) is 4.79 Å². The second kappa shape index (κ2) is 6.61. The number of rotatable bonds is 4. The predicted molar refractivity (Wildman–Crippen MR) is 69.4 cm³/mol. The summed E-state index contributed by atoms with van der Waals surface area (Å²) in [7, 11) is 0. The van der Waals surface area contributed by atoms with Crippen LogP contribution in [0, 0.1) is 5.92 Å². The van der Waals surface area contributed by atoms with Crippen molar-refractivity contribution in [2.75, 3.05) is 6.54 Å². The van der Waals surface area contributed by atoms with Crippen LogP contribution >= 0.6 is 0 Å². The molecule has 104 valence electrons. The zero-order valence-corrected chi connectivity index (χ0v) is 11.5. The minimum Gasteiger partial charge on any atom is -0.480 e. The smallest absolute Gasteiger partial charge is 0.323 e. The Hall–Kier alpha value is -1.26. The van der Waals surface area contributed by atoms with Crippen LogP contribution in [0.3, 0.4) is 0 Å². The van der Waals surface area contributed by atoms with E-state index >= 15 is 0 Å². The Labute approximate surface area is 109 Å². The van der Waals surface area contributed by atoms with Gasteiger partial charge in [0.05, 0.1) is 0 Å². The maximum Gasteiger partial charge on any atom is 0.323 e. The van der Waals surface area contributed by atoms with Crippen LogP contribution in [0.25, 0.3) is 0 Å². The van der Waals surface area contributed by atoms with Crippen molar-refractivity contribution < 1.29 is 14.7 Å². The summed E-state index contributed by atoms with van der Waals surface area (Å²) in [6.07, 6.45) is 4.34. The molecule has 0 aromatic rings. The number of nitrogens with one attached hydrogen (secondary N) is 1. The van der Waals surface area contributed by atoms with Crippen LogP contribution in [-0.4, -0.2) is 40.6 Å². The van der Waals surface area contributed by atoms with Gasteiger partial charge >= 0.3 is 12.0 Å². The molecule has 0 bridgehead atoms. The van der Waals surface area contributed by atoms with Gasteiger partial charge in [-0.15, -0.1) is 0 Å². The molecular weight excluding hydrogens is 232 g/mol. The van der Waals surface area contributed by atoms with E-state index in [1.807, 2.05) is 13.8 Å². The molecular formula is C13H24N2O3. The highest BCUT2D eigenvalue weighted by Crippen LogP contribution is 2.23. The van der Waals surface area contributed by atoms with Gasteiger partial charge in [0, 0.05) is 12.1 Å². The summed E-state index contributed by atoms with van der Waals surface area (Å²) in [4.78, 5) is 24.2. The van der Waals surface area contributed by atoms with Gasteiger partial charge in [0.15, 0.2) is 0 Å². The molecule has 0 spiro atoms. The van der Waals surface area contributed by atoms with Gasteiger partial charge < -0.3 is 15.3 Å². The Kier molecular flexibility index (Phi) is 5.44. The minimum atomic E-state index is -0.976. The Morgan fingerprint density at radius 1 is 1.39 bits per heavy atom. The molecule has 1 rings (SSSR count). The van der Waals surface area contributed by atoms with Gasteiger partial charge in [-0.1, -0.05) is 19.8 Å². The molecule has 0 aromatic carbocycles. The molecule has 1 aliphatic rings. The third-order valence-electron chi connectivity index (χ3n) is 3.45. The average Bonchev–Trinajstić information content (AvgIpc) is 2.25. The first-order valence-electron chi connectivity index (χ1n) is 6.69. The molecule has 1 saturated carbocycles. The number of hydrogen-bond acceptors (Lipinski definition) is 2. The Bertz CT molecular complexity index is 305. The summed E-state index contributed by atoms with van der Waals surface area (Å²) >= 11 is 0. The third kappa shape index (κ3) is 4.55. The lowest BCUT2D eigenvalue weighted by molar-refractivity contribution is -0.138. The van der Waals surface area contributed by atoms with Crippen molar-refractivity contribution in [2.45, 2.75) is 58.5 Å². The molecule has 5 heteroatoms. The number of carbonyl (C=O) groups excluding carboxylic acids is 1. The molecule has 0 saturated heterocycles. The molecule has 2 atom stereocenters. The van der Waals surface area contributed by atoms with E-state index in [-0.39, 0.29) is 24.7 Å². The Balaban J connectivity index is 2.52. The number of urea groups is 1. The first-order valence-corrected chi connectivity index (χ1v) is 6.69. The van der Waals surface area contributed by atoms with Gasteiger partial charge in [0.1, 0.15) is 6.54 Å². The van der Waals surface area contributed by atoms with E-state index in [4.69, 9.17) is 5.11 Å². The normalized spacial score (nSPS) is 23.8. The third-order valence-corrected chi connectivity index (χ3v) is 3.45. The van der Waals surface area contributed by atoms with E-state index in [1.54, 1.807) is 0 Å². The second-order valence-electron chi connectivity index (χ2n) is 5.53. The number of carboxylic acid groups (broad SMARTS) is 1. The fourth-order valence-electron chi connectivity index (χ4n) is 2.46. The molecule has 1 aliphatic carbocycles. The highest BCUT2D eigenvalue weighted by Gasteiger charge is 2.25. The lowest BCUT2D eigenvalue weighted by atomic mass is 9.87. The number of nitrogens with zero attached hydrogens (tertiary/aromatic N) is 1. The lowest BCUT2D eigenvalue weighted by Crippen LogP contribution is -2.50. The average molecular weight is 256 g/mol. The topological polar surface area (TPSA) is 69.6 Å². The van der Waals surface area contributed by atoms with Crippen molar-refractivity contribution in [1.82, 2.24) is 10.2 Å². The largest absolute Gasteiger partial charge is 0.480 e. The Morgan fingerprint density at radius 3 is 2.56 bits per heavy atom. The van der Waals surface area contributed by atoms with Crippen molar-refractivity contribution in [3.8, 4) is 0 Å². The number of carbonyl (C=O) groups is 2. The van der Waals surface area contributed by atoms with Gasteiger partial charge in [0.25, 0.3) is 0 Å². The van der Waals surface area contributed by atoms with Crippen LogP contribution in [0.1, 0.15) is 46.5 Å². The zero-order valence-electron chi connectivity index (χ0n) is 11.5. The van der Waals surface area contributed by atoms with Crippen LogP contribution in [-0.2, 0) is 4.79 Å². The molecule has 0 aliphatic heterocycles. The fourth-order valence-corrected chi connectivity index (χ4v) is 2.46. The van der Waals surface area contributed by atoms with Gasteiger partial charge in [-0.25, -0.2) is 4.79 Å². The molecule has 0 heterocycles. The molecule has 2 N–H and O–H groups in total. The first kappa shape index (κ1) is 14.8. The van der Waals surface area contributed by atoms with Gasteiger partial charge in [-0.05, 0) is 32.6 Å². The summed E-state index contributed by atoms with van der Waals surface area (Å²) < 4.78 is 0. The zero-order chi connectivity index (χ0) is 13.7. The standard InChI is InChI=1S/C13H24N2O3/c1-9(2)15(8-12(16)17)13(18)14-11-6-4-5-10(3)7-11/h9-11H,4-8H2,1-3H3,(H,14,18)(H,16,17). The summed E-state index contributed by atoms with van der Waals surface area (Å²) in [5.41, 5.74) is 0. The maximum atomic E-state index is 12.0. The summed E-state index contributed by atoms with van der Waals surface area (Å²) in [5, 5.41) is 11.8. The predicted octanol–water partition coefficient (Wildman–Crippen LogP) is 2.07. The van der Waals surface area contributed by atoms with Crippen LogP contribution in [0.2, 0.25) is 0 Å². The fraction of sp³-hybridized carbons (Fsp3) is 0.846. The highest BCUT2D eigenvalue weighted by molar-refractivity contribution is 5.80. The van der Waals surface area contributed by atoms with E-state index < -0.39 is 5.97 Å². The summed E-state index contributed by atoms with van der Waals surface area (Å²) in [5.74, 6) is -0.341. The van der Waals surface area contributed by atoms with Crippen molar-refractivity contribution in [3.05, 3.63) is 0 Å². The number of hydrogen-bond donors (Lipinski definition) is 2. The Morgan fingerprint density at radius 2 is 2.06 bits per heavy atom. The molecule has 18 heavy (non-hydrogen) atoms. The number of carboxylic acids is 1. The molecule has 0 aromatic heterocycles. The van der Waals surface area contributed by atoms with Crippen molar-refractivity contribution in [1.29, 1.82) is 0 Å². The molecule has 5 nitrogen and oxygen atoms in total. The van der Waals surface area contributed by atoms with Gasteiger partial charge in [-0.2, -0.15) is 0 Å². The summed E-state index contributed by atoms with van der Waals surface area (Å²) in [6.45, 7) is 5.60. The number of aliphatic carboxylic acids is 1. The quantitative estimate of drug-likeness (QED) is 0.809. The molecule has 2 amide bonds. The van der Waals surface area contributed by atoms with E-state index in [0.29, 0.717) is 5.92 Å². The number of amides is 2. The minimum absolute atomic E-state index is 0.109. The van der Waals surface area contributed by atoms with E-state index in [2.05, 4.69) is 12.2 Å². The van der Waals surface area contributed by atoms with Crippen LogP contribution in [0.5, 0.6) is 0 Å². The molecule has 2 unspecified atom stereocenters. The van der Waals surface area contributed by atoms with Crippen LogP contribution in [0.15, 0.2) is 0 Å². The monoisotopic (exact) mass is 256 g/mol. The van der Waals surface area contributed by atoms with Gasteiger partial charge in [0.2, 0.25) is 0 Å². The van der Waals surface area contributed by atoms with Crippen molar-refractivity contribution >= 4 is 12.0 Å². The van der Waals surface area contributed by atoms with Gasteiger partial charge in [-0.3, -0.25) is 4.79 Å². The highest BCUT2D eigenvalue weighted by atomic mass is 16.4. The van der Waals surface area contributed by atoms with Crippen LogP contribution < -0.4 is 5.32 Å². The van der Waals surface area contributed by atoms with E-state index in [0.717, 1.165) is 19.3 Å². The van der Waals surface area contributed by atoms with E-state index in [9.17, 15) is 9.59 Å². The van der Waals surface area contributed by atoms with Crippen molar-refractivity contribution in [3.63, 3.8) is 0 Å². The molecule has 1 fully saturated rings. The first-order chi connectivity index (χ1) is 8.40. The molecule has 0 radical (unpaired) electrons. The van der Waals surface area contributed by atoms with Crippen molar-refractivity contribution in [2.24, 2.45) is 5.92 Å². The SMILES string of the molecule is CC1CCCC(NC(=O)N(CC(=O)O)C(C)C)C1.